The third-order valence-corrected chi connectivity index (χ3v) is 5.86. The van der Waals surface area contributed by atoms with Crippen molar-refractivity contribution >= 4 is 41.7 Å². The van der Waals surface area contributed by atoms with Crippen molar-refractivity contribution < 1.29 is 0 Å². The van der Waals surface area contributed by atoms with Gasteiger partial charge in [0, 0.05) is 51.9 Å². The van der Waals surface area contributed by atoms with Gasteiger partial charge in [-0.3, -0.25) is 9.89 Å². The zero-order valence-corrected chi connectivity index (χ0v) is 21.5. The van der Waals surface area contributed by atoms with E-state index in [1.165, 1.54) is 24.2 Å². The SMILES string of the molecule is CCNC(=NCCCN1CCN(C)CC1c1ccccc1)NCCCCSC.I. The van der Waals surface area contributed by atoms with Crippen molar-refractivity contribution in [2.24, 2.45) is 4.99 Å². The molecule has 0 amide bonds. The maximum absolute atomic E-state index is 4.78. The minimum absolute atomic E-state index is 0. The first-order chi connectivity index (χ1) is 13.7. The molecule has 1 saturated heterocycles. The Labute approximate surface area is 199 Å². The van der Waals surface area contributed by atoms with Crippen molar-refractivity contribution in [2.75, 3.05) is 64.9 Å². The molecular formula is C22H40IN5S. The molecule has 7 heteroatoms. The summed E-state index contributed by atoms with van der Waals surface area (Å²) in [5, 5.41) is 6.83. The predicted octanol–water partition coefficient (Wildman–Crippen LogP) is 3.68. The molecule has 0 bridgehead atoms. The molecule has 1 fully saturated rings. The molecule has 2 N–H and O–H groups in total. The number of nitrogens with zero attached hydrogens (tertiary/aromatic N) is 3. The first kappa shape index (κ1) is 26.5. The number of benzene rings is 1. The number of halogens is 1. The molecule has 1 aromatic carbocycles. The fourth-order valence-electron chi connectivity index (χ4n) is 3.60. The lowest BCUT2D eigenvalue weighted by Gasteiger charge is -2.40. The quantitative estimate of drug-likeness (QED) is 0.197. The molecule has 1 unspecified atom stereocenters. The van der Waals surface area contributed by atoms with Gasteiger partial charge in [-0.15, -0.1) is 24.0 Å². The van der Waals surface area contributed by atoms with Crippen LogP contribution in [0.3, 0.4) is 0 Å². The van der Waals surface area contributed by atoms with Gasteiger partial charge in [-0.05, 0) is 50.8 Å². The van der Waals surface area contributed by atoms with Gasteiger partial charge >= 0.3 is 0 Å². The Morgan fingerprint density at radius 1 is 1.14 bits per heavy atom. The monoisotopic (exact) mass is 533 g/mol. The van der Waals surface area contributed by atoms with Crippen LogP contribution in [-0.4, -0.2) is 80.6 Å². The second-order valence-electron chi connectivity index (χ2n) is 7.47. The van der Waals surface area contributed by atoms with Crippen LogP contribution in [0.1, 0.15) is 37.8 Å². The van der Waals surface area contributed by atoms with Gasteiger partial charge in [-0.1, -0.05) is 30.3 Å². The lowest BCUT2D eigenvalue weighted by molar-refractivity contribution is 0.0894. The maximum Gasteiger partial charge on any atom is 0.191 e. The standard InChI is InChI=1S/C22H39N5S.HI/c1-4-23-22(24-13-8-9-18-28-3)25-14-10-15-27-17-16-26(2)19-21(27)20-11-6-5-7-12-20;/h5-7,11-12,21H,4,8-10,13-19H2,1-3H3,(H2,23,24,25);1H. The number of thioether (sulfide) groups is 1. The van der Waals surface area contributed by atoms with Crippen LogP contribution in [0.15, 0.2) is 35.3 Å². The number of hydrogen-bond acceptors (Lipinski definition) is 4. The number of rotatable bonds is 11. The zero-order valence-electron chi connectivity index (χ0n) is 18.4. The molecule has 0 aliphatic carbocycles. The van der Waals surface area contributed by atoms with Crippen molar-refractivity contribution in [1.82, 2.24) is 20.4 Å². The fourth-order valence-corrected chi connectivity index (χ4v) is 4.09. The highest BCUT2D eigenvalue weighted by molar-refractivity contribution is 14.0. The molecule has 29 heavy (non-hydrogen) atoms. The minimum Gasteiger partial charge on any atom is -0.357 e. The average molecular weight is 534 g/mol. The topological polar surface area (TPSA) is 42.9 Å². The number of aliphatic imine (C=N–C) groups is 1. The van der Waals surface area contributed by atoms with E-state index >= 15 is 0 Å². The zero-order chi connectivity index (χ0) is 20.0. The molecule has 0 radical (unpaired) electrons. The van der Waals surface area contributed by atoms with E-state index in [-0.39, 0.29) is 24.0 Å². The Bertz CT molecular complexity index is 557. The van der Waals surface area contributed by atoms with Gasteiger partial charge in [-0.25, -0.2) is 0 Å². The minimum atomic E-state index is 0. The van der Waals surface area contributed by atoms with Crippen LogP contribution in [0.25, 0.3) is 0 Å². The summed E-state index contributed by atoms with van der Waals surface area (Å²) in [6.07, 6.45) is 5.72. The van der Waals surface area contributed by atoms with Gasteiger partial charge in [0.15, 0.2) is 5.96 Å². The van der Waals surface area contributed by atoms with Crippen LogP contribution in [0.2, 0.25) is 0 Å². The maximum atomic E-state index is 4.78. The van der Waals surface area contributed by atoms with Crippen molar-refractivity contribution in [3.8, 4) is 0 Å². The largest absolute Gasteiger partial charge is 0.357 e. The van der Waals surface area contributed by atoms with E-state index < -0.39 is 0 Å². The van der Waals surface area contributed by atoms with E-state index in [1.807, 2.05) is 11.8 Å². The summed E-state index contributed by atoms with van der Waals surface area (Å²) in [4.78, 5) is 9.85. The van der Waals surface area contributed by atoms with Gasteiger partial charge < -0.3 is 15.5 Å². The molecule has 2 rings (SSSR count). The molecule has 0 saturated carbocycles. The number of unbranched alkanes of at least 4 members (excludes halogenated alkanes) is 1. The third kappa shape index (κ3) is 10.4. The molecule has 0 aromatic heterocycles. The Kier molecular flexibility index (Phi) is 14.8. The van der Waals surface area contributed by atoms with E-state index in [1.54, 1.807) is 0 Å². The number of likely N-dealkylation sites (N-methyl/N-ethyl adjacent to an activating group) is 1. The highest BCUT2D eigenvalue weighted by atomic mass is 127. The fraction of sp³-hybridized carbons (Fsp3) is 0.682. The van der Waals surface area contributed by atoms with Crippen LogP contribution in [0, 0.1) is 0 Å². The second kappa shape index (κ2) is 16.2. The Morgan fingerprint density at radius 2 is 1.93 bits per heavy atom. The second-order valence-corrected chi connectivity index (χ2v) is 8.45. The van der Waals surface area contributed by atoms with Gasteiger partial charge in [0.1, 0.15) is 0 Å². The summed E-state index contributed by atoms with van der Waals surface area (Å²) in [5.74, 6) is 2.20. The van der Waals surface area contributed by atoms with E-state index in [4.69, 9.17) is 4.99 Å². The summed E-state index contributed by atoms with van der Waals surface area (Å²) < 4.78 is 0. The Balaban J connectivity index is 0.00000420. The molecule has 0 spiro atoms. The van der Waals surface area contributed by atoms with Crippen molar-refractivity contribution in [1.29, 1.82) is 0 Å². The Morgan fingerprint density at radius 3 is 2.66 bits per heavy atom. The van der Waals surface area contributed by atoms with Crippen molar-refractivity contribution in [3.63, 3.8) is 0 Å². The van der Waals surface area contributed by atoms with Crippen molar-refractivity contribution in [3.05, 3.63) is 35.9 Å². The molecule has 166 valence electrons. The van der Waals surface area contributed by atoms with Crippen LogP contribution in [0.5, 0.6) is 0 Å². The molecule has 1 aromatic rings. The summed E-state index contributed by atoms with van der Waals surface area (Å²) >= 11 is 1.92. The van der Waals surface area contributed by atoms with Crippen LogP contribution < -0.4 is 10.6 Å². The van der Waals surface area contributed by atoms with E-state index in [9.17, 15) is 0 Å². The summed E-state index contributed by atoms with van der Waals surface area (Å²) in [5.41, 5.74) is 1.43. The summed E-state index contributed by atoms with van der Waals surface area (Å²) in [6.45, 7) is 9.39. The van der Waals surface area contributed by atoms with Crippen molar-refractivity contribution in [2.45, 2.75) is 32.2 Å². The average Bonchev–Trinajstić information content (AvgIpc) is 2.72. The normalized spacial score (nSPS) is 18.3. The molecule has 1 aliphatic rings. The first-order valence-corrected chi connectivity index (χ1v) is 12.1. The number of hydrogen-bond donors (Lipinski definition) is 2. The number of nitrogens with one attached hydrogen (secondary N) is 2. The lowest BCUT2D eigenvalue weighted by atomic mass is 10.0. The van der Waals surface area contributed by atoms with Crippen LogP contribution in [0.4, 0.5) is 0 Å². The van der Waals surface area contributed by atoms with E-state index in [0.717, 1.165) is 58.2 Å². The molecule has 1 atom stereocenters. The number of piperazine rings is 1. The van der Waals surface area contributed by atoms with Gasteiger partial charge in [0.05, 0.1) is 0 Å². The Hall–Kier alpha value is -0.510. The lowest BCUT2D eigenvalue weighted by Crippen LogP contribution is -2.47. The highest BCUT2D eigenvalue weighted by Gasteiger charge is 2.25. The molecule has 1 heterocycles. The van der Waals surface area contributed by atoms with Gasteiger partial charge in [0.2, 0.25) is 0 Å². The third-order valence-electron chi connectivity index (χ3n) is 5.16. The van der Waals surface area contributed by atoms with Gasteiger partial charge in [-0.2, -0.15) is 11.8 Å². The summed E-state index contributed by atoms with van der Waals surface area (Å²) in [7, 11) is 2.23. The highest BCUT2D eigenvalue weighted by Crippen LogP contribution is 2.24. The van der Waals surface area contributed by atoms with Crippen LogP contribution in [-0.2, 0) is 0 Å². The predicted molar refractivity (Wildman–Crippen MR) is 140 cm³/mol. The molecular weight excluding hydrogens is 493 g/mol. The smallest absolute Gasteiger partial charge is 0.191 e. The first-order valence-electron chi connectivity index (χ1n) is 10.7. The van der Waals surface area contributed by atoms with Gasteiger partial charge in [0.25, 0.3) is 0 Å². The molecule has 5 nitrogen and oxygen atoms in total. The molecule has 1 aliphatic heterocycles. The van der Waals surface area contributed by atoms with Crippen LogP contribution >= 0.6 is 35.7 Å². The summed E-state index contributed by atoms with van der Waals surface area (Å²) in [6, 6.07) is 11.4. The number of guanidine groups is 1. The van der Waals surface area contributed by atoms with E-state index in [0.29, 0.717) is 6.04 Å². The van der Waals surface area contributed by atoms with E-state index in [2.05, 4.69) is 71.0 Å².